The number of hydrogen-bond donors (Lipinski definition) is 0. The van der Waals surface area contributed by atoms with E-state index in [-0.39, 0.29) is 22.2 Å². The zero-order valence-corrected chi connectivity index (χ0v) is 24.3. The van der Waals surface area contributed by atoms with Crippen LogP contribution in [0.2, 0.25) is 0 Å². The first-order chi connectivity index (χ1) is 14.3. The summed E-state index contributed by atoms with van der Waals surface area (Å²) in [6.07, 6.45) is 0. The monoisotopic (exact) mass is 453 g/mol. The van der Waals surface area contributed by atoms with Crippen molar-refractivity contribution >= 4 is 0 Å². The second-order valence-electron chi connectivity index (χ2n) is 13.9. The van der Waals surface area contributed by atoms with Gasteiger partial charge in [0, 0.05) is 87.6 Å². The Balaban J connectivity index is 3.18. The summed E-state index contributed by atoms with van der Waals surface area (Å²) in [6, 6.07) is 0. The van der Waals surface area contributed by atoms with Crippen molar-refractivity contribution in [3.05, 3.63) is 0 Å². The van der Waals surface area contributed by atoms with E-state index in [1.54, 1.807) is 0 Å². The van der Waals surface area contributed by atoms with E-state index >= 15 is 0 Å². The Hall–Kier alpha value is -0.200. The average molecular weight is 454 g/mol. The molecule has 0 N–H and O–H groups in total. The maximum absolute atomic E-state index is 2.70. The molecule has 5 nitrogen and oxygen atoms in total. The van der Waals surface area contributed by atoms with Crippen molar-refractivity contribution < 1.29 is 0 Å². The summed E-state index contributed by atoms with van der Waals surface area (Å²) in [5.74, 6) is 0. The summed E-state index contributed by atoms with van der Waals surface area (Å²) in [5, 5.41) is 0. The molecule has 0 aromatic heterocycles. The van der Waals surface area contributed by atoms with Gasteiger partial charge in [-0.3, -0.25) is 19.6 Å². The van der Waals surface area contributed by atoms with Gasteiger partial charge in [0.15, 0.2) is 0 Å². The molecule has 0 spiro atoms. The lowest BCUT2D eigenvalue weighted by atomic mass is 10.0. The van der Waals surface area contributed by atoms with Gasteiger partial charge in [0.2, 0.25) is 0 Å². The van der Waals surface area contributed by atoms with Gasteiger partial charge in [0.25, 0.3) is 0 Å². The predicted octanol–water partition coefficient (Wildman–Crippen LogP) is 4.33. The van der Waals surface area contributed by atoms with E-state index in [0.717, 1.165) is 65.4 Å². The first kappa shape index (κ1) is 29.8. The van der Waals surface area contributed by atoms with Crippen LogP contribution in [0.25, 0.3) is 0 Å². The van der Waals surface area contributed by atoms with E-state index in [0.29, 0.717) is 0 Å². The molecule has 5 heteroatoms. The lowest BCUT2D eigenvalue weighted by molar-refractivity contribution is 0.0467. The standard InChI is InChI=1S/C27H59N5/c1-24(2,3)29-16-14-28(13)15-17-30(25(4,5)6)19-21-32(27(10,11)12)23-22-31(20-18-29)26(7,8)9/h14-23H2,1-13H3. The average Bonchev–Trinajstić information content (AvgIpc) is 2.57. The van der Waals surface area contributed by atoms with Crippen LogP contribution in [0, 0.1) is 0 Å². The Labute approximate surface area is 202 Å². The third kappa shape index (κ3) is 10.4. The van der Waals surface area contributed by atoms with Crippen molar-refractivity contribution in [2.45, 2.75) is 105 Å². The van der Waals surface area contributed by atoms with E-state index in [2.05, 4.69) is 115 Å². The molecule has 0 amide bonds. The van der Waals surface area contributed by atoms with E-state index < -0.39 is 0 Å². The van der Waals surface area contributed by atoms with E-state index in [1.165, 1.54) is 0 Å². The zero-order valence-electron chi connectivity index (χ0n) is 24.3. The minimum Gasteiger partial charge on any atom is -0.304 e. The topological polar surface area (TPSA) is 16.2 Å². The number of rotatable bonds is 0. The van der Waals surface area contributed by atoms with Gasteiger partial charge in [-0.15, -0.1) is 0 Å². The highest BCUT2D eigenvalue weighted by Crippen LogP contribution is 2.20. The molecule has 192 valence electrons. The molecule has 0 radical (unpaired) electrons. The van der Waals surface area contributed by atoms with Crippen molar-refractivity contribution in [1.82, 2.24) is 24.5 Å². The molecule has 0 aromatic carbocycles. The predicted molar refractivity (Wildman–Crippen MR) is 143 cm³/mol. The number of likely N-dealkylation sites (N-methyl/N-ethyl adjacent to an activating group) is 1. The molecule has 0 unspecified atom stereocenters. The minimum atomic E-state index is 0.176. The van der Waals surface area contributed by atoms with Crippen molar-refractivity contribution in [2.75, 3.05) is 72.5 Å². The van der Waals surface area contributed by atoms with Crippen LogP contribution in [-0.4, -0.2) is 119 Å². The van der Waals surface area contributed by atoms with Gasteiger partial charge in [-0.1, -0.05) is 0 Å². The van der Waals surface area contributed by atoms with Gasteiger partial charge in [-0.05, 0) is 90.1 Å². The summed E-state index contributed by atoms with van der Waals surface area (Å²) in [4.78, 5) is 13.3. The number of hydrogen-bond acceptors (Lipinski definition) is 5. The summed E-state index contributed by atoms with van der Waals surface area (Å²) in [6.45, 7) is 39.7. The van der Waals surface area contributed by atoms with Crippen LogP contribution in [-0.2, 0) is 0 Å². The highest BCUT2D eigenvalue weighted by molar-refractivity contribution is 4.86. The van der Waals surface area contributed by atoms with E-state index in [1.807, 2.05) is 0 Å². The van der Waals surface area contributed by atoms with Gasteiger partial charge < -0.3 is 4.90 Å². The second-order valence-corrected chi connectivity index (χ2v) is 13.9. The van der Waals surface area contributed by atoms with Crippen LogP contribution in [0.15, 0.2) is 0 Å². The van der Waals surface area contributed by atoms with Crippen LogP contribution >= 0.6 is 0 Å². The molecule has 1 rings (SSSR count). The minimum absolute atomic E-state index is 0.176. The SMILES string of the molecule is CN1CCN(C(C)(C)C)CCN(C(C)(C)C)CCN(C(C)(C)C)CCN(C(C)(C)C)CC1. The van der Waals surface area contributed by atoms with Crippen LogP contribution in [0.3, 0.4) is 0 Å². The molecule has 0 bridgehead atoms. The summed E-state index contributed by atoms with van der Waals surface area (Å²) < 4.78 is 0. The van der Waals surface area contributed by atoms with Gasteiger partial charge in [-0.25, -0.2) is 0 Å². The third-order valence-corrected chi connectivity index (χ3v) is 7.22. The van der Waals surface area contributed by atoms with Crippen molar-refractivity contribution in [2.24, 2.45) is 0 Å². The van der Waals surface area contributed by atoms with E-state index in [9.17, 15) is 0 Å². The molecule has 0 aromatic rings. The molecular formula is C27H59N5. The molecule has 1 fully saturated rings. The fraction of sp³-hybridized carbons (Fsp3) is 1.00. The summed E-state index contributed by atoms with van der Waals surface area (Å²) in [7, 11) is 2.29. The number of nitrogens with zero attached hydrogens (tertiary/aromatic N) is 5. The first-order valence-electron chi connectivity index (χ1n) is 13.0. The lowest BCUT2D eigenvalue weighted by Gasteiger charge is -2.44. The fourth-order valence-corrected chi connectivity index (χ4v) is 4.55. The van der Waals surface area contributed by atoms with Crippen LogP contribution < -0.4 is 0 Å². The smallest absolute Gasteiger partial charge is 0.0126 e. The van der Waals surface area contributed by atoms with E-state index in [4.69, 9.17) is 0 Å². The Kier molecular flexibility index (Phi) is 10.7. The van der Waals surface area contributed by atoms with Crippen LogP contribution in [0.1, 0.15) is 83.1 Å². The highest BCUT2D eigenvalue weighted by Gasteiger charge is 2.30. The third-order valence-electron chi connectivity index (χ3n) is 7.22. The Morgan fingerprint density at radius 3 is 0.625 bits per heavy atom. The van der Waals surface area contributed by atoms with Crippen molar-refractivity contribution in [3.63, 3.8) is 0 Å². The summed E-state index contributed by atoms with van der Waals surface area (Å²) >= 11 is 0. The highest BCUT2D eigenvalue weighted by atomic mass is 15.3. The maximum atomic E-state index is 2.70. The van der Waals surface area contributed by atoms with Gasteiger partial charge in [0.1, 0.15) is 0 Å². The Morgan fingerprint density at radius 2 is 0.469 bits per heavy atom. The molecule has 1 heterocycles. The largest absolute Gasteiger partial charge is 0.304 e. The molecule has 1 aliphatic rings. The quantitative estimate of drug-likeness (QED) is 0.541. The molecule has 0 atom stereocenters. The molecule has 0 saturated carbocycles. The molecule has 1 saturated heterocycles. The van der Waals surface area contributed by atoms with Crippen LogP contribution in [0.5, 0.6) is 0 Å². The first-order valence-corrected chi connectivity index (χ1v) is 13.0. The Bertz CT molecular complexity index is 484. The van der Waals surface area contributed by atoms with Crippen LogP contribution in [0.4, 0.5) is 0 Å². The van der Waals surface area contributed by atoms with Gasteiger partial charge in [0.05, 0.1) is 0 Å². The van der Waals surface area contributed by atoms with Crippen molar-refractivity contribution in [1.29, 1.82) is 0 Å². The molecule has 1 aliphatic heterocycles. The molecule has 0 aliphatic carbocycles. The maximum Gasteiger partial charge on any atom is 0.0126 e. The second kappa shape index (κ2) is 11.5. The normalized spacial score (nSPS) is 23.2. The molecular weight excluding hydrogens is 394 g/mol. The van der Waals surface area contributed by atoms with Gasteiger partial charge in [-0.2, -0.15) is 0 Å². The summed E-state index contributed by atoms with van der Waals surface area (Å²) in [5.41, 5.74) is 0.727. The van der Waals surface area contributed by atoms with Gasteiger partial charge >= 0.3 is 0 Å². The zero-order chi connectivity index (χ0) is 25.0. The lowest BCUT2D eigenvalue weighted by Crippen LogP contribution is -2.54. The van der Waals surface area contributed by atoms with Crippen molar-refractivity contribution in [3.8, 4) is 0 Å². The Morgan fingerprint density at radius 1 is 0.312 bits per heavy atom. The molecule has 32 heavy (non-hydrogen) atoms. The fourth-order valence-electron chi connectivity index (χ4n) is 4.55.